The zero-order valence-electron chi connectivity index (χ0n) is 23.1. The van der Waals surface area contributed by atoms with Gasteiger partial charge >= 0.3 is 0 Å². The molecule has 3 heterocycles. The molecule has 1 saturated heterocycles. The van der Waals surface area contributed by atoms with Crippen LogP contribution >= 0.6 is 0 Å². The van der Waals surface area contributed by atoms with E-state index in [0.29, 0.717) is 32.0 Å². The van der Waals surface area contributed by atoms with Crippen molar-refractivity contribution in [3.8, 4) is 11.3 Å². The van der Waals surface area contributed by atoms with Crippen LogP contribution in [-0.2, 0) is 22.4 Å². The predicted molar refractivity (Wildman–Crippen MR) is 156 cm³/mol. The number of carbonyl (C=O) groups is 2. The van der Waals surface area contributed by atoms with Gasteiger partial charge in [0.15, 0.2) is 11.6 Å². The van der Waals surface area contributed by atoms with E-state index in [1.54, 1.807) is 18.6 Å². The number of carbonyl (C=O) groups excluding carboxylic acids is 2. The molecule has 5 N–H and O–H groups in total. The molecule has 40 heavy (non-hydrogen) atoms. The summed E-state index contributed by atoms with van der Waals surface area (Å²) < 4.78 is 5.46. The highest BCUT2D eigenvalue weighted by Crippen LogP contribution is 2.24. The monoisotopic (exact) mass is 545 g/mol. The number of nitrogens with one attached hydrogen (secondary N) is 1. The SMILES string of the molecule is C[C@@H](CCCCN)C(=O)NCCc1ccc(-c2cnc(N)c(C(=O)Cc3cnccc3N3CCOCC3)n2)cc1. The van der Waals surface area contributed by atoms with Gasteiger partial charge in [-0.1, -0.05) is 37.6 Å². The predicted octanol–water partition coefficient (Wildman–Crippen LogP) is 2.81. The number of ether oxygens (including phenoxy) is 1. The Kier molecular flexibility index (Phi) is 10.5. The van der Waals surface area contributed by atoms with E-state index in [2.05, 4.69) is 25.2 Å². The minimum absolute atomic E-state index is 0.0148. The number of hydrogen-bond acceptors (Lipinski definition) is 9. The number of amides is 1. The van der Waals surface area contributed by atoms with Gasteiger partial charge in [-0.2, -0.15) is 0 Å². The zero-order valence-corrected chi connectivity index (χ0v) is 23.1. The van der Waals surface area contributed by atoms with Gasteiger partial charge in [0.25, 0.3) is 0 Å². The van der Waals surface area contributed by atoms with E-state index in [0.717, 1.165) is 61.2 Å². The number of nitrogen functional groups attached to an aromatic ring is 1. The van der Waals surface area contributed by atoms with E-state index in [1.807, 2.05) is 37.3 Å². The van der Waals surface area contributed by atoms with Crippen LogP contribution in [-0.4, -0.2) is 66.0 Å². The number of pyridine rings is 1. The third-order valence-electron chi connectivity index (χ3n) is 7.15. The van der Waals surface area contributed by atoms with Crippen molar-refractivity contribution >= 4 is 23.2 Å². The second kappa shape index (κ2) is 14.5. The summed E-state index contributed by atoms with van der Waals surface area (Å²) in [4.78, 5) is 40.9. The van der Waals surface area contributed by atoms with Crippen molar-refractivity contribution in [2.45, 2.75) is 39.0 Å². The molecule has 10 nitrogen and oxygen atoms in total. The highest BCUT2D eigenvalue weighted by atomic mass is 16.5. The van der Waals surface area contributed by atoms with E-state index in [1.165, 1.54) is 0 Å². The Morgan fingerprint density at radius 3 is 2.62 bits per heavy atom. The summed E-state index contributed by atoms with van der Waals surface area (Å²) in [6.07, 6.45) is 8.63. The number of aromatic nitrogens is 3. The Labute approximate surface area is 235 Å². The van der Waals surface area contributed by atoms with Crippen LogP contribution < -0.4 is 21.7 Å². The van der Waals surface area contributed by atoms with Gasteiger partial charge in [-0.15, -0.1) is 0 Å². The number of morpholine rings is 1. The number of anilines is 2. The van der Waals surface area contributed by atoms with Crippen molar-refractivity contribution in [3.05, 3.63) is 65.7 Å². The number of nitrogens with zero attached hydrogens (tertiary/aromatic N) is 4. The standard InChI is InChI=1S/C30H39N7O3/c1-21(4-2-3-11-31)30(39)34-13-9-22-5-7-23(8-6-22)25-20-35-29(32)28(36-25)27(38)18-24-19-33-12-10-26(24)37-14-16-40-17-15-37/h5-8,10,12,19-21H,2-4,9,11,13-18,31H2,1H3,(H2,32,35)(H,34,39)/t21-/m0/s1. The van der Waals surface area contributed by atoms with Gasteiger partial charge in [0.1, 0.15) is 5.69 Å². The largest absolute Gasteiger partial charge is 0.382 e. The maximum atomic E-state index is 13.3. The van der Waals surface area contributed by atoms with E-state index in [9.17, 15) is 9.59 Å². The van der Waals surface area contributed by atoms with E-state index >= 15 is 0 Å². The van der Waals surface area contributed by atoms with Crippen molar-refractivity contribution in [2.75, 3.05) is 50.0 Å². The molecule has 0 radical (unpaired) electrons. The minimum Gasteiger partial charge on any atom is -0.382 e. The van der Waals surface area contributed by atoms with Crippen molar-refractivity contribution in [3.63, 3.8) is 0 Å². The molecular weight excluding hydrogens is 506 g/mol. The first-order valence-corrected chi connectivity index (χ1v) is 13.9. The summed E-state index contributed by atoms with van der Waals surface area (Å²) in [5, 5.41) is 3.02. The fourth-order valence-electron chi connectivity index (χ4n) is 4.74. The second-order valence-corrected chi connectivity index (χ2v) is 10.1. The molecule has 0 aliphatic carbocycles. The Balaban J connectivity index is 1.37. The number of unbranched alkanes of at least 4 members (excludes halogenated alkanes) is 1. The lowest BCUT2D eigenvalue weighted by Crippen LogP contribution is -2.37. The van der Waals surface area contributed by atoms with Gasteiger partial charge < -0.3 is 26.4 Å². The molecule has 0 unspecified atom stereocenters. The molecule has 1 amide bonds. The van der Waals surface area contributed by atoms with Crippen LogP contribution in [0.25, 0.3) is 11.3 Å². The number of ketones is 1. The number of rotatable bonds is 13. The number of hydrogen-bond donors (Lipinski definition) is 3. The molecule has 1 aliphatic heterocycles. The first-order valence-electron chi connectivity index (χ1n) is 13.9. The normalized spacial score (nSPS) is 14.1. The molecule has 212 valence electrons. The molecule has 0 spiro atoms. The first kappa shape index (κ1) is 29.1. The van der Waals surface area contributed by atoms with Gasteiger partial charge in [0.05, 0.1) is 25.1 Å². The topological polar surface area (TPSA) is 149 Å². The van der Waals surface area contributed by atoms with Gasteiger partial charge in [-0.05, 0) is 37.4 Å². The summed E-state index contributed by atoms with van der Waals surface area (Å²) in [7, 11) is 0. The molecule has 10 heteroatoms. The minimum atomic E-state index is -0.209. The van der Waals surface area contributed by atoms with Crippen LogP contribution in [0.15, 0.2) is 48.9 Å². The summed E-state index contributed by atoms with van der Waals surface area (Å²) in [6.45, 7) is 6.01. The van der Waals surface area contributed by atoms with Gasteiger partial charge in [0.2, 0.25) is 5.91 Å². The molecule has 1 aliphatic rings. The molecule has 0 bridgehead atoms. The molecule has 2 aromatic heterocycles. The van der Waals surface area contributed by atoms with Crippen LogP contribution in [0, 0.1) is 5.92 Å². The maximum absolute atomic E-state index is 13.3. The van der Waals surface area contributed by atoms with Crippen molar-refractivity contribution in [1.29, 1.82) is 0 Å². The lowest BCUT2D eigenvalue weighted by Gasteiger charge is -2.30. The number of Topliss-reactive ketones (excluding diaryl/α,β-unsaturated/α-hetero) is 1. The van der Waals surface area contributed by atoms with Gasteiger partial charge in [0, 0.05) is 61.2 Å². The smallest absolute Gasteiger partial charge is 0.222 e. The fourth-order valence-corrected chi connectivity index (χ4v) is 4.74. The van der Waals surface area contributed by atoms with Gasteiger partial charge in [-0.3, -0.25) is 14.6 Å². The third-order valence-corrected chi connectivity index (χ3v) is 7.15. The summed E-state index contributed by atoms with van der Waals surface area (Å²) in [5.41, 5.74) is 16.1. The van der Waals surface area contributed by atoms with Crippen molar-refractivity contribution < 1.29 is 14.3 Å². The Bertz CT molecular complexity index is 1280. The van der Waals surface area contributed by atoms with E-state index < -0.39 is 0 Å². The molecule has 3 aromatic rings. The highest BCUT2D eigenvalue weighted by molar-refractivity contribution is 6.00. The van der Waals surface area contributed by atoms with Crippen LogP contribution in [0.3, 0.4) is 0 Å². The lowest BCUT2D eigenvalue weighted by molar-refractivity contribution is -0.124. The van der Waals surface area contributed by atoms with Gasteiger partial charge in [-0.25, -0.2) is 9.97 Å². The Morgan fingerprint density at radius 1 is 1.10 bits per heavy atom. The zero-order chi connectivity index (χ0) is 28.3. The van der Waals surface area contributed by atoms with Crippen LogP contribution in [0.4, 0.5) is 11.5 Å². The van der Waals surface area contributed by atoms with Crippen LogP contribution in [0.2, 0.25) is 0 Å². The first-order chi connectivity index (χ1) is 19.5. The summed E-state index contributed by atoms with van der Waals surface area (Å²) in [6, 6.07) is 9.81. The van der Waals surface area contributed by atoms with E-state index in [-0.39, 0.29) is 35.5 Å². The molecule has 1 atom stereocenters. The van der Waals surface area contributed by atoms with Crippen molar-refractivity contribution in [1.82, 2.24) is 20.3 Å². The average Bonchev–Trinajstić information content (AvgIpc) is 2.98. The second-order valence-electron chi connectivity index (χ2n) is 10.1. The molecule has 4 rings (SSSR count). The third kappa shape index (κ3) is 7.83. The quantitative estimate of drug-likeness (QED) is 0.218. The average molecular weight is 546 g/mol. The molecule has 1 fully saturated rings. The molecule has 0 saturated carbocycles. The maximum Gasteiger partial charge on any atom is 0.222 e. The lowest BCUT2D eigenvalue weighted by atomic mass is 10.0. The highest BCUT2D eigenvalue weighted by Gasteiger charge is 2.20. The Hall–Kier alpha value is -3.89. The summed E-state index contributed by atoms with van der Waals surface area (Å²) >= 11 is 0. The Morgan fingerprint density at radius 2 is 1.88 bits per heavy atom. The number of nitrogens with two attached hydrogens (primary N) is 2. The fraction of sp³-hybridized carbons (Fsp3) is 0.433. The number of benzene rings is 1. The summed E-state index contributed by atoms with van der Waals surface area (Å²) in [5.74, 6) is -0.0421. The van der Waals surface area contributed by atoms with Crippen LogP contribution in [0.5, 0.6) is 0 Å². The molecular formula is C30H39N7O3. The van der Waals surface area contributed by atoms with Crippen LogP contribution in [0.1, 0.15) is 47.8 Å². The molecule has 1 aromatic carbocycles. The van der Waals surface area contributed by atoms with E-state index in [4.69, 9.17) is 16.2 Å². The van der Waals surface area contributed by atoms with Crippen molar-refractivity contribution in [2.24, 2.45) is 11.7 Å².